The van der Waals surface area contributed by atoms with Crippen LogP contribution in [0.25, 0.3) is 6.08 Å². The average Bonchev–Trinajstić information content (AvgIpc) is 3.46. The normalized spacial score (nSPS) is 21.9. The van der Waals surface area contributed by atoms with Crippen LogP contribution in [0.4, 0.5) is 0 Å². The number of benzene rings is 2. The number of fused-ring (bicyclic) bond motifs is 1. The first kappa shape index (κ1) is 37.8. The van der Waals surface area contributed by atoms with Crippen LogP contribution >= 0.6 is 7.82 Å². The van der Waals surface area contributed by atoms with Crippen molar-refractivity contribution in [3.05, 3.63) is 71.8 Å². The van der Waals surface area contributed by atoms with Crippen molar-refractivity contribution in [3.8, 4) is 5.75 Å². The lowest BCUT2D eigenvalue weighted by Crippen LogP contribution is -2.58. The van der Waals surface area contributed by atoms with Gasteiger partial charge in [0.1, 0.15) is 17.8 Å². The minimum atomic E-state index is -4.69. The minimum absolute atomic E-state index is 0.00106. The topological polar surface area (TPSA) is 200 Å². The number of carbonyl (C=O) groups is 4. The number of hydrogen-bond acceptors (Lipinski definition) is 7. The molecule has 2 aliphatic rings. The van der Waals surface area contributed by atoms with E-state index >= 15 is 0 Å². The van der Waals surface area contributed by atoms with E-state index in [9.17, 15) is 23.7 Å². The number of amides is 4. The highest BCUT2D eigenvalue weighted by Crippen LogP contribution is 2.55. The lowest BCUT2D eigenvalue weighted by atomic mass is 9.99. The molecule has 2 fully saturated rings. The van der Waals surface area contributed by atoms with Crippen LogP contribution in [0, 0.1) is 23.7 Å². The summed E-state index contributed by atoms with van der Waals surface area (Å²) in [4.78, 5) is 72.3. The Kier molecular flexibility index (Phi) is 12.8. The molecule has 4 amide bonds. The number of hydrogen-bond donors (Lipinski definition) is 6. The molecular formula is C35H48N5O8P. The maximum Gasteiger partial charge on any atom is 0.524 e. The zero-order valence-electron chi connectivity index (χ0n) is 28.3. The number of carbonyl (C=O) groups excluding carboxylic acids is 4. The largest absolute Gasteiger partial charge is 0.524 e. The summed E-state index contributed by atoms with van der Waals surface area (Å²) in [6, 6.07) is 13.4. The van der Waals surface area contributed by atoms with Gasteiger partial charge in [0.2, 0.25) is 23.6 Å². The molecule has 266 valence electrons. The number of piperidine rings is 1. The first-order chi connectivity index (χ1) is 23.1. The van der Waals surface area contributed by atoms with E-state index in [1.54, 1.807) is 4.90 Å². The lowest BCUT2D eigenvalue weighted by molar-refractivity contribution is -0.143. The fraction of sp³-hybridized carbons (Fsp3) is 0.486. The zero-order chi connectivity index (χ0) is 35.9. The van der Waals surface area contributed by atoms with Crippen molar-refractivity contribution in [2.75, 3.05) is 6.54 Å². The molecule has 0 bridgehead atoms. The predicted octanol–water partition coefficient (Wildman–Crippen LogP) is 2.72. The number of nitrogens with one attached hydrogen (secondary N) is 3. The van der Waals surface area contributed by atoms with Gasteiger partial charge in [-0.25, -0.2) is 4.57 Å². The molecule has 2 aromatic rings. The standard InChI is InChI=1S/C35H48N5O8P/c1-21(2)18-29(38-31(42)17-12-24-10-13-26(14-11-24)48-49(45,46)47)35(44)40-20-27-22(3)32(27)33(40)34(43)39-28(15-16-30(36)41)23(4)37-19-25-8-6-5-7-9-25/h5-14,17,21-23,27-29,32-33,37H,15-16,18-20H2,1-4H3,(H2,36,41)(H,38,42)(H,39,43)(H2,45,46,47)/b17-12+/t22?,23-,27?,28+,29+,32?,33+/m1/s1. The van der Waals surface area contributed by atoms with Crippen molar-refractivity contribution in [3.63, 3.8) is 0 Å². The number of phosphoric acid groups is 1. The van der Waals surface area contributed by atoms with Crippen molar-refractivity contribution in [2.24, 2.45) is 29.4 Å². The molecule has 0 aromatic heterocycles. The third-order valence-corrected chi connectivity index (χ3v) is 9.70. The molecule has 0 radical (unpaired) electrons. The van der Waals surface area contributed by atoms with Gasteiger partial charge in [0.05, 0.1) is 0 Å². The van der Waals surface area contributed by atoms with Gasteiger partial charge in [-0.1, -0.05) is 63.2 Å². The van der Waals surface area contributed by atoms with Gasteiger partial charge in [-0.15, -0.1) is 0 Å². The van der Waals surface area contributed by atoms with E-state index in [4.69, 9.17) is 15.5 Å². The van der Waals surface area contributed by atoms with E-state index < -0.39 is 37.8 Å². The predicted molar refractivity (Wildman–Crippen MR) is 184 cm³/mol. The van der Waals surface area contributed by atoms with E-state index in [1.165, 1.54) is 36.4 Å². The summed E-state index contributed by atoms with van der Waals surface area (Å²) in [7, 11) is -4.69. The molecular weight excluding hydrogens is 649 g/mol. The average molecular weight is 698 g/mol. The van der Waals surface area contributed by atoms with Crippen LogP contribution in [0.5, 0.6) is 5.75 Å². The Morgan fingerprint density at radius 2 is 1.71 bits per heavy atom. The molecule has 7 N–H and O–H groups in total. The Bertz CT molecular complexity index is 1550. The molecule has 1 heterocycles. The summed E-state index contributed by atoms with van der Waals surface area (Å²) in [5.74, 6) is -1.06. The Labute approximate surface area is 287 Å². The highest BCUT2D eigenvalue weighted by Gasteiger charge is 2.62. The van der Waals surface area contributed by atoms with Gasteiger partial charge in [-0.05, 0) is 72.8 Å². The molecule has 7 atom stereocenters. The summed E-state index contributed by atoms with van der Waals surface area (Å²) in [6.07, 6.45) is 3.59. The van der Waals surface area contributed by atoms with E-state index in [1.807, 2.05) is 51.1 Å². The third kappa shape index (κ3) is 11.0. The van der Waals surface area contributed by atoms with Gasteiger partial charge in [0.25, 0.3) is 0 Å². The van der Waals surface area contributed by atoms with Gasteiger partial charge in [-0.3, -0.25) is 29.0 Å². The summed E-state index contributed by atoms with van der Waals surface area (Å²) in [5, 5.41) is 9.40. The number of likely N-dealkylation sites (tertiary alicyclic amines) is 1. The maximum absolute atomic E-state index is 14.1. The SMILES string of the molecule is CC(C)C[C@H](NC(=O)/C=C/c1ccc(OP(=O)(O)O)cc1)C(=O)N1CC2C(C)C2[C@H]1C(=O)N[C@@H](CCC(N)=O)[C@@H](C)NCc1ccccc1. The van der Waals surface area contributed by atoms with Crippen molar-refractivity contribution in [1.29, 1.82) is 0 Å². The van der Waals surface area contributed by atoms with Gasteiger partial charge in [0.15, 0.2) is 0 Å². The van der Waals surface area contributed by atoms with Crippen LogP contribution in [0.2, 0.25) is 0 Å². The van der Waals surface area contributed by atoms with Gasteiger partial charge >= 0.3 is 7.82 Å². The molecule has 1 saturated heterocycles. The highest BCUT2D eigenvalue weighted by molar-refractivity contribution is 7.46. The molecule has 0 spiro atoms. The number of nitrogens with zero attached hydrogens (tertiary/aromatic N) is 1. The van der Waals surface area contributed by atoms with Crippen LogP contribution in [0.1, 0.15) is 58.1 Å². The van der Waals surface area contributed by atoms with Crippen molar-refractivity contribution in [1.82, 2.24) is 20.9 Å². The molecule has 1 saturated carbocycles. The van der Waals surface area contributed by atoms with Gasteiger partial charge < -0.3 is 31.1 Å². The van der Waals surface area contributed by atoms with Crippen LogP contribution in [-0.2, 0) is 30.3 Å². The number of nitrogens with two attached hydrogens (primary N) is 1. The molecule has 13 nitrogen and oxygen atoms in total. The number of rotatable bonds is 17. The van der Waals surface area contributed by atoms with Crippen molar-refractivity contribution < 1.29 is 38.1 Å². The van der Waals surface area contributed by atoms with E-state index in [-0.39, 0.29) is 53.7 Å². The van der Waals surface area contributed by atoms with E-state index in [0.717, 1.165) is 5.56 Å². The van der Waals surface area contributed by atoms with E-state index in [0.29, 0.717) is 31.5 Å². The Morgan fingerprint density at radius 3 is 2.33 bits per heavy atom. The first-order valence-corrected chi connectivity index (χ1v) is 18.2. The minimum Gasteiger partial charge on any atom is -0.404 e. The summed E-state index contributed by atoms with van der Waals surface area (Å²) < 4.78 is 15.6. The van der Waals surface area contributed by atoms with Crippen LogP contribution in [-0.4, -0.2) is 69.0 Å². The smallest absolute Gasteiger partial charge is 0.404 e. The van der Waals surface area contributed by atoms with E-state index in [2.05, 4.69) is 27.4 Å². The second kappa shape index (κ2) is 16.6. The molecule has 14 heteroatoms. The zero-order valence-corrected chi connectivity index (χ0v) is 29.2. The summed E-state index contributed by atoms with van der Waals surface area (Å²) in [5.41, 5.74) is 7.12. The monoisotopic (exact) mass is 697 g/mol. The number of phosphoric ester groups is 1. The fourth-order valence-electron chi connectivity index (χ4n) is 6.57. The quantitative estimate of drug-likeness (QED) is 0.106. The second-order valence-corrected chi connectivity index (χ2v) is 14.6. The summed E-state index contributed by atoms with van der Waals surface area (Å²) in [6.45, 7) is 8.91. The second-order valence-electron chi connectivity index (χ2n) is 13.5. The third-order valence-electron chi connectivity index (χ3n) is 9.25. The van der Waals surface area contributed by atoms with Crippen molar-refractivity contribution >= 4 is 37.5 Å². The fourth-order valence-corrected chi connectivity index (χ4v) is 6.97. The molecule has 2 aromatic carbocycles. The van der Waals surface area contributed by atoms with Crippen LogP contribution < -0.4 is 26.2 Å². The molecule has 3 unspecified atom stereocenters. The molecule has 4 rings (SSSR count). The molecule has 1 aliphatic heterocycles. The Balaban J connectivity index is 1.44. The molecule has 1 aliphatic carbocycles. The Morgan fingerprint density at radius 1 is 1.04 bits per heavy atom. The van der Waals surface area contributed by atoms with Crippen LogP contribution in [0.15, 0.2) is 60.7 Å². The van der Waals surface area contributed by atoms with Gasteiger partial charge in [0, 0.05) is 37.7 Å². The number of primary amides is 1. The summed E-state index contributed by atoms with van der Waals surface area (Å²) >= 11 is 0. The van der Waals surface area contributed by atoms with Crippen LogP contribution in [0.3, 0.4) is 0 Å². The molecule has 49 heavy (non-hydrogen) atoms. The van der Waals surface area contributed by atoms with Gasteiger partial charge in [-0.2, -0.15) is 0 Å². The van der Waals surface area contributed by atoms with Crippen molar-refractivity contribution in [2.45, 2.75) is 77.7 Å². The highest BCUT2D eigenvalue weighted by atomic mass is 31.2. The first-order valence-electron chi connectivity index (χ1n) is 16.6. The maximum atomic E-state index is 14.1. The Hall–Kier alpha value is -4.03. The lowest BCUT2D eigenvalue weighted by Gasteiger charge is -2.34.